The zero-order valence-corrected chi connectivity index (χ0v) is 23.5. The third kappa shape index (κ3) is 8.91. The Balaban J connectivity index is 0.000000316. The number of phenolic OH excluding ortho intramolecular Hbond substituents is 1. The Morgan fingerprint density at radius 1 is 1.05 bits per heavy atom. The lowest BCUT2D eigenvalue weighted by Crippen LogP contribution is -2.42. The van der Waals surface area contributed by atoms with Crippen molar-refractivity contribution >= 4 is 23.9 Å². The number of para-hydroxylation sites is 1. The maximum atomic E-state index is 12.3. The summed E-state index contributed by atoms with van der Waals surface area (Å²) in [6, 6.07) is 7.25. The Bertz CT molecular complexity index is 1290. The molecule has 230 valence electrons. The van der Waals surface area contributed by atoms with Crippen LogP contribution in [-0.2, 0) is 20.9 Å². The molecule has 3 heterocycles. The molecule has 2 aliphatic rings. The van der Waals surface area contributed by atoms with Crippen LogP contribution in [0.5, 0.6) is 11.5 Å². The largest absolute Gasteiger partial charge is 0.504 e. The first kappa shape index (κ1) is 32.3. The first-order valence-corrected chi connectivity index (χ1v) is 13.7. The highest BCUT2D eigenvalue weighted by Gasteiger charge is 2.40. The number of carboxylic acids is 3. The van der Waals surface area contributed by atoms with Crippen LogP contribution in [0.1, 0.15) is 62.1 Å². The van der Waals surface area contributed by atoms with Crippen LogP contribution in [0.15, 0.2) is 29.1 Å². The van der Waals surface area contributed by atoms with Crippen LogP contribution >= 0.6 is 0 Å². The Labute approximate surface area is 242 Å². The number of hydrogen-bond acceptors (Lipinski definition) is 10. The van der Waals surface area contributed by atoms with Gasteiger partial charge in [0.15, 0.2) is 17.1 Å². The number of benzene rings is 1. The molecule has 2 aromatic rings. The molecule has 0 aliphatic carbocycles. The number of piperidine rings is 2. The van der Waals surface area contributed by atoms with Gasteiger partial charge in [0.05, 0.1) is 25.6 Å². The van der Waals surface area contributed by atoms with Gasteiger partial charge < -0.3 is 35.2 Å². The predicted molar refractivity (Wildman–Crippen MR) is 150 cm³/mol. The number of ether oxygens (including phenoxy) is 1. The molecule has 6 N–H and O–H groups in total. The predicted octanol–water partition coefficient (Wildman–Crippen LogP) is 1.61. The van der Waals surface area contributed by atoms with Crippen molar-refractivity contribution in [1.29, 1.82) is 0 Å². The van der Waals surface area contributed by atoms with Gasteiger partial charge >= 0.3 is 17.9 Å². The molecule has 0 amide bonds. The summed E-state index contributed by atoms with van der Waals surface area (Å²) in [5.74, 6) is -3.37. The number of carboxylic acid groups (broad SMARTS) is 3. The molecule has 2 fully saturated rings. The molecular formula is C28H38N4O10. The van der Waals surface area contributed by atoms with E-state index >= 15 is 0 Å². The van der Waals surface area contributed by atoms with E-state index in [9.17, 15) is 24.3 Å². The molecule has 4 rings (SSSR count). The number of aromatic nitrogens is 2. The minimum absolute atomic E-state index is 0.0712. The van der Waals surface area contributed by atoms with Gasteiger partial charge in [0.25, 0.3) is 5.56 Å². The molecule has 14 heteroatoms. The van der Waals surface area contributed by atoms with Crippen LogP contribution in [0.3, 0.4) is 0 Å². The Hall–Kier alpha value is -4.17. The van der Waals surface area contributed by atoms with Crippen molar-refractivity contribution in [3.8, 4) is 11.5 Å². The van der Waals surface area contributed by atoms with Crippen molar-refractivity contribution in [3.05, 3.63) is 45.9 Å². The first-order chi connectivity index (χ1) is 19.9. The second-order valence-corrected chi connectivity index (χ2v) is 10.6. The van der Waals surface area contributed by atoms with Gasteiger partial charge in [-0.2, -0.15) is 0 Å². The van der Waals surface area contributed by atoms with Gasteiger partial charge in [-0.25, -0.2) is 9.78 Å². The van der Waals surface area contributed by atoms with Crippen LogP contribution in [0.25, 0.3) is 0 Å². The van der Waals surface area contributed by atoms with Crippen LogP contribution in [0, 0.1) is 0 Å². The Morgan fingerprint density at radius 2 is 1.71 bits per heavy atom. The summed E-state index contributed by atoms with van der Waals surface area (Å²) in [6.07, 6.45) is 3.32. The van der Waals surface area contributed by atoms with Crippen molar-refractivity contribution in [2.24, 2.45) is 0 Å². The van der Waals surface area contributed by atoms with E-state index in [0.717, 1.165) is 69.1 Å². The van der Waals surface area contributed by atoms with E-state index in [2.05, 4.69) is 14.8 Å². The van der Waals surface area contributed by atoms with Crippen LogP contribution in [-0.4, -0.2) is 97.2 Å². The van der Waals surface area contributed by atoms with Crippen molar-refractivity contribution < 1.29 is 44.7 Å². The van der Waals surface area contributed by atoms with Crippen LogP contribution in [0.4, 0.5) is 5.95 Å². The van der Waals surface area contributed by atoms with Gasteiger partial charge in [-0.15, -0.1) is 0 Å². The number of nitrogens with zero attached hydrogens (tertiary/aromatic N) is 3. The van der Waals surface area contributed by atoms with Gasteiger partial charge in [-0.1, -0.05) is 12.1 Å². The second kappa shape index (κ2) is 14.6. The molecule has 14 nitrogen and oxygen atoms in total. The number of likely N-dealkylation sites (tertiary alicyclic amines) is 1. The number of phenols is 1. The number of rotatable bonds is 10. The number of hydrogen-bond donors (Lipinski definition) is 6. The van der Waals surface area contributed by atoms with Gasteiger partial charge in [0.2, 0.25) is 5.95 Å². The highest BCUT2D eigenvalue weighted by molar-refractivity contribution is 5.88. The molecule has 42 heavy (non-hydrogen) atoms. The highest BCUT2D eigenvalue weighted by Crippen LogP contribution is 2.32. The standard InChI is InChI=1S/C22H30N4O3.C6H8O7/c1-29-19-9-5-7-17(21(19)28)15-25-10-6-8-16(14-25)18-13-20(27)24-22(23-18)26-11-3-2-4-12-26;7-3(8)1-6(13,5(11)12)2-4(9)10/h5,7,9,13,16,28H,2-4,6,8,10-12,14-15H2,1H3,(H,23,24,27);13H,1-2H2,(H,7,8)(H,9,10)(H,11,12). The monoisotopic (exact) mass is 590 g/mol. The molecular weight excluding hydrogens is 552 g/mol. The fraction of sp³-hybridized carbons (Fsp3) is 0.536. The molecule has 0 saturated carbocycles. The summed E-state index contributed by atoms with van der Waals surface area (Å²) in [4.78, 5) is 55.1. The smallest absolute Gasteiger partial charge is 0.336 e. The van der Waals surface area contributed by atoms with Crippen molar-refractivity contribution in [1.82, 2.24) is 14.9 Å². The van der Waals surface area contributed by atoms with Crippen molar-refractivity contribution in [2.75, 3.05) is 38.2 Å². The quantitative estimate of drug-likeness (QED) is 0.232. The minimum atomic E-state index is -2.74. The number of aromatic amines is 1. The Kier molecular flexibility index (Phi) is 11.3. The van der Waals surface area contributed by atoms with Gasteiger partial charge in [-0.3, -0.25) is 24.3 Å². The van der Waals surface area contributed by atoms with Gasteiger partial charge in [0, 0.05) is 43.7 Å². The average Bonchev–Trinajstić information content (AvgIpc) is 2.94. The summed E-state index contributed by atoms with van der Waals surface area (Å²) in [6.45, 7) is 4.36. The third-order valence-corrected chi connectivity index (χ3v) is 7.31. The molecule has 0 radical (unpaired) electrons. The lowest BCUT2D eigenvalue weighted by Gasteiger charge is -2.33. The SMILES string of the molecule is COc1cccc(CN2CCCC(c3cc(=O)[nH]c(N4CCCCC4)n3)C2)c1O.O=C(O)CC(O)(CC(=O)O)C(=O)O. The molecule has 2 aliphatic heterocycles. The molecule has 2 saturated heterocycles. The Morgan fingerprint density at radius 3 is 2.31 bits per heavy atom. The minimum Gasteiger partial charge on any atom is -0.504 e. The lowest BCUT2D eigenvalue weighted by molar-refractivity contribution is -0.170. The number of nitrogens with one attached hydrogen (secondary N) is 1. The maximum absolute atomic E-state index is 12.3. The van der Waals surface area contributed by atoms with Crippen molar-refractivity contribution in [2.45, 2.75) is 63.0 Å². The summed E-state index contributed by atoms with van der Waals surface area (Å²) < 4.78 is 5.23. The van der Waals surface area contributed by atoms with Gasteiger partial charge in [0.1, 0.15) is 0 Å². The van der Waals surface area contributed by atoms with Crippen molar-refractivity contribution in [3.63, 3.8) is 0 Å². The molecule has 1 aromatic heterocycles. The van der Waals surface area contributed by atoms with E-state index in [4.69, 9.17) is 30.1 Å². The zero-order valence-electron chi connectivity index (χ0n) is 23.5. The normalized spacial score (nSPS) is 17.6. The number of anilines is 1. The van der Waals surface area contributed by atoms with Gasteiger partial charge in [-0.05, 0) is 44.7 Å². The number of carbonyl (C=O) groups is 3. The lowest BCUT2D eigenvalue weighted by atomic mass is 9.94. The van der Waals surface area contributed by atoms with E-state index in [1.807, 2.05) is 12.1 Å². The topological polar surface area (TPSA) is 214 Å². The number of aliphatic carboxylic acids is 3. The second-order valence-electron chi connectivity index (χ2n) is 10.6. The number of H-pyrrole nitrogens is 1. The molecule has 0 spiro atoms. The molecule has 1 aromatic carbocycles. The van der Waals surface area contributed by atoms with E-state index in [-0.39, 0.29) is 17.2 Å². The maximum Gasteiger partial charge on any atom is 0.336 e. The summed E-state index contributed by atoms with van der Waals surface area (Å²) in [5, 5.41) is 44.2. The highest BCUT2D eigenvalue weighted by atomic mass is 16.5. The van der Waals surface area contributed by atoms with E-state index in [0.29, 0.717) is 12.3 Å². The zero-order chi connectivity index (χ0) is 30.9. The van der Waals surface area contributed by atoms with Crippen LogP contribution in [0.2, 0.25) is 0 Å². The first-order valence-electron chi connectivity index (χ1n) is 13.7. The summed E-state index contributed by atoms with van der Waals surface area (Å²) >= 11 is 0. The number of aromatic hydroxyl groups is 1. The number of aliphatic hydroxyl groups is 1. The average molecular weight is 591 g/mol. The van der Waals surface area contributed by atoms with Crippen LogP contribution < -0.4 is 15.2 Å². The molecule has 0 bridgehead atoms. The summed E-state index contributed by atoms with van der Waals surface area (Å²) in [7, 11) is 1.56. The van der Waals surface area contributed by atoms with E-state index < -0.39 is 36.4 Å². The number of methoxy groups -OCH3 is 1. The fourth-order valence-corrected chi connectivity index (χ4v) is 5.18. The molecule has 1 atom stereocenters. The molecule has 1 unspecified atom stereocenters. The summed E-state index contributed by atoms with van der Waals surface area (Å²) in [5.41, 5.74) is -1.07. The third-order valence-electron chi connectivity index (χ3n) is 7.31. The fourth-order valence-electron chi connectivity index (χ4n) is 5.18. The van der Waals surface area contributed by atoms with E-state index in [1.165, 1.54) is 6.42 Å². The van der Waals surface area contributed by atoms with E-state index in [1.54, 1.807) is 19.2 Å².